The molecule has 1 unspecified atom stereocenters. The van der Waals surface area contributed by atoms with Crippen molar-refractivity contribution in [3.8, 4) is 0 Å². The van der Waals surface area contributed by atoms with E-state index in [-0.39, 0.29) is 17.3 Å². The molecule has 104 valence electrons. The van der Waals surface area contributed by atoms with E-state index in [2.05, 4.69) is 5.10 Å². The number of hydrogen-bond donors (Lipinski definition) is 1. The molecule has 2 aliphatic rings. The summed E-state index contributed by atoms with van der Waals surface area (Å²) >= 11 is 0. The Morgan fingerprint density at radius 2 is 2.26 bits per heavy atom. The van der Waals surface area contributed by atoms with E-state index in [1.54, 1.807) is 17.8 Å². The van der Waals surface area contributed by atoms with Crippen molar-refractivity contribution in [2.45, 2.75) is 63.7 Å². The first-order chi connectivity index (χ1) is 9.08. The lowest BCUT2D eigenvalue weighted by molar-refractivity contribution is -0.0429. The van der Waals surface area contributed by atoms with Gasteiger partial charge in [-0.1, -0.05) is 12.8 Å². The monoisotopic (exact) mass is 264 g/mol. The molecule has 19 heavy (non-hydrogen) atoms. The number of carboxylic acids is 1. The third-order valence-electron chi connectivity index (χ3n) is 4.42. The summed E-state index contributed by atoms with van der Waals surface area (Å²) in [7, 11) is 0. The molecule has 2 fully saturated rings. The highest BCUT2D eigenvalue weighted by molar-refractivity contribution is 5.88. The molecule has 1 aromatic heterocycles. The average molecular weight is 264 g/mol. The van der Waals surface area contributed by atoms with Crippen LogP contribution in [-0.4, -0.2) is 32.6 Å². The summed E-state index contributed by atoms with van der Waals surface area (Å²) in [5.74, 6) is -0.914. The minimum Gasteiger partial charge on any atom is -0.478 e. The fourth-order valence-electron chi connectivity index (χ4n) is 3.44. The number of nitrogens with zero attached hydrogens (tertiary/aromatic N) is 2. The van der Waals surface area contributed by atoms with Crippen molar-refractivity contribution < 1.29 is 14.6 Å². The van der Waals surface area contributed by atoms with E-state index in [1.807, 2.05) is 0 Å². The normalized spacial score (nSPS) is 25.2. The van der Waals surface area contributed by atoms with Gasteiger partial charge in [0.25, 0.3) is 0 Å². The van der Waals surface area contributed by atoms with Crippen molar-refractivity contribution in [1.82, 2.24) is 9.78 Å². The molecule has 1 saturated carbocycles. The fourth-order valence-corrected chi connectivity index (χ4v) is 3.44. The zero-order chi connectivity index (χ0) is 13.5. The van der Waals surface area contributed by atoms with Crippen molar-refractivity contribution >= 4 is 5.97 Å². The van der Waals surface area contributed by atoms with Gasteiger partial charge < -0.3 is 9.84 Å². The van der Waals surface area contributed by atoms with E-state index < -0.39 is 5.97 Å². The predicted molar refractivity (Wildman–Crippen MR) is 69.2 cm³/mol. The summed E-state index contributed by atoms with van der Waals surface area (Å²) in [5.41, 5.74) is 0.984. The molecule has 1 N–H and O–H groups in total. The Bertz CT molecular complexity index is 489. The molecule has 0 aromatic carbocycles. The van der Waals surface area contributed by atoms with Gasteiger partial charge in [-0.2, -0.15) is 5.10 Å². The van der Waals surface area contributed by atoms with Crippen LogP contribution < -0.4 is 0 Å². The molecule has 3 rings (SSSR count). The highest BCUT2D eigenvalue weighted by Gasteiger charge is 2.42. The van der Waals surface area contributed by atoms with E-state index in [4.69, 9.17) is 9.84 Å². The Morgan fingerprint density at radius 1 is 1.53 bits per heavy atom. The van der Waals surface area contributed by atoms with E-state index in [9.17, 15) is 4.79 Å². The molecular weight excluding hydrogens is 244 g/mol. The Kier molecular flexibility index (Phi) is 3.09. The highest BCUT2D eigenvalue weighted by Crippen LogP contribution is 2.43. The van der Waals surface area contributed by atoms with Crippen LogP contribution in [0.3, 0.4) is 0 Å². The topological polar surface area (TPSA) is 64.4 Å². The van der Waals surface area contributed by atoms with E-state index in [0.717, 1.165) is 12.8 Å². The van der Waals surface area contributed by atoms with Crippen LogP contribution in [0.2, 0.25) is 0 Å². The van der Waals surface area contributed by atoms with Crippen LogP contribution in [0.25, 0.3) is 0 Å². The number of aromatic carboxylic acids is 1. The van der Waals surface area contributed by atoms with Crippen LogP contribution >= 0.6 is 0 Å². The summed E-state index contributed by atoms with van der Waals surface area (Å²) in [6.07, 6.45) is 8.91. The predicted octanol–water partition coefficient (Wildman–Crippen LogP) is 2.38. The van der Waals surface area contributed by atoms with Gasteiger partial charge in [0.1, 0.15) is 5.56 Å². The molecule has 1 aliphatic carbocycles. The lowest BCUT2D eigenvalue weighted by Crippen LogP contribution is -2.26. The summed E-state index contributed by atoms with van der Waals surface area (Å²) < 4.78 is 7.93. The van der Waals surface area contributed by atoms with Gasteiger partial charge in [0.05, 0.1) is 23.9 Å². The maximum absolute atomic E-state index is 11.0. The number of hydrogen-bond acceptors (Lipinski definition) is 3. The maximum Gasteiger partial charge on any atom is 0.339 e. The molecule has 1 aliphatic heterocycles. The Morgan fingerprint density at radius 3 is 2.89 bits per heavy atom. The molecule has 5 heteroatoms. The fraction of sp³-hybridized carbons (Fsp3) is 0.714. The van der Waals surface area contributed by atoms with Crippen molar-refractivity contribution in [2.24, 2.45) is 0 Å². The van der Waals surface area contributed by atoms with Crippen LogP contribution in [0, 0.1) is 6.92 Å². The summed E-state index contributed by atoms with van der Waals surface area (Å²) in [6.45, 7) is 2.39. The van der Waals surface area contributed by atoms with Crippen LogP contribution in [0.5, 0.6) is 0 Å². The Hall–Kier alpha value is -1.36. The minimum atomic E-state index is -0.914. The van der Waals surface area contributed by atoms with Gasteiger partial charge in [-0.3, -0.25) is 4.68 Å². The highest BCUT2D eigenvalue weighted by atomic mass is 16.5. The second-order valence-electron chi connectivity index (χ2n) is 5.82. The van der Waals surface area contributed by atoms with Gasteiger partial charge in [0.15, 0.2) is 0 Å². The molecule has 0 amide bonds. The quantitative estimate of drug-likeness (QED) is 0.910. The van der Waals surface area contributed by atoms with Crippen molar-refractivity contribution in [3.63, 3.8) is 0 Å². The van der Waals surface area contributed by atoms with Crippen molar-refractivity contribution in [2.75, 3.05) is 0 Å². The zero-order valence-corrected chi connectivity index (χ0v) is 11.3. The van der Waals surface area contributed by atoms with Crippen LogP contribution in [0.1, 0.15) is 54.6 Å². The summed E-state index contributed by atoms with van der Waals surface area (Å²) in [6, 6.07) is 0. The summed E-state index contributed by atoms with van der Waals surface area (Å²) in [5, 5.41) is 13.3. The van der Waals surface area contributed by atoms with Crippen LogP contribution in [0.15, 0.2) is 6.20 Å². The molecule has 1 aromatic rings. The van der Waals surface area contributed by atoms with Gasteiger partial charge in [0, 0.05) is 6.20 Å². The first-order valence-corrected chi connectivity index (χ1v) is 7.03. The molecule has 0 radical (unpaired) electrons. The third-order valence-corrected chi connectivity index (χ3v) is 4.42. The van der Waals surface area contributed by atoms with Crippen molar-refractivity contribution in [1.29, 1.82) is 0 Å². The lowest BCUT2D eigenvalue weighted by atomic mass is 9.98. The number of carboxylic acid groups (broad SMARTS) is 1. The number of aryl methyl sites for hydroxylation is 1. The Balaban J connectivity index is 1.66. The molecule has 2 heterocycles. The molecule has 5 nitrogen and oxygen atoms in total. The standard InChI is InChI=1S/C14H20N2O3/c1-10-12(13(17)18)9-16(15-10)8-11-4-7-14(19-11)5-2-3-6-14/h9,11H,2-8H2,1H3,(H,17,18). The first-order valence-electron chi connectivity index (χ1n) is 7.03. The molecule has 1 atom stereocenters. The smallest absolute Gasteiger partial charge is 0.339 e. The number of rotatable bonds is 3. The van der Waals surface area contributed by atoms with E-state index >= 15 is 0 Å². The second kappa shape index (κ2) is 4.63. The van der Waals surface area contributed by atoms with Crippen molar-refractivity contribution in [3.05, 3.63) is 17.5 Å². The van der Waals surface area contributed by atoms with Gasteiger partial charge >= 0.3 is 5.97 Å². The van der Waals surface area contributed by atoms with Crippen LogP contribution in [0.4, 0.5) is 0 Å². The minimum absolute atomic E-state index is 0.127. The molecule has 0 bridgehead atoms. The van der Waals surface area contributed by atoms with Gasteiger partial charge in [-0.15, -0.1) is 0 Å². The number of ether oxygens (including phenoxy) is 1. The van der Waals surface area contributed by atoms with Gasteiger partial charge in [-0.05, 0) is 32.6 Å². The SMILES string of the molecule is Cc1nn(CC2CCC3(CCCC3)O2)cc1C(=O)O. The maximum atomic E-state index is 11.0. The number of aromatic nitrogens is 2. The summed E-state index contributed by atoms with van der Waals surface area (Å²) in [4.78, 5) is 11.0. The Labute approximate surface area is 112 Å². The first kappa shape index (κ1) is 12.7. The number of carbonyl (C=O) groups is 1. The molecular formula is C14H20N2O3. The van der Waals surface area contributed by atoms with E-state index in [1.165, 1.54) is 25.7 Å². The average Bonchev–Trinajstić information content (AvgIpc) is 3.04. The second-order valence-corrected chi connectivity index (χ2v) is 5.82. The largest absolute Gasteiger partial charge is 0.478 e. The third kappa shape index (κ3) is 2.39. The van der Waals surface area contributed by atoms with Crippen LogP contribution in [-0.2, 0) is 11.3 Å². The van der Waals surface area contributed by atoms with E-state index in [0.29, 0.717) is 12.2 Å². The lowest BCUT2D eigenvalue weighted by Gasteiger charge is -2.23. The molecule has 1 spiro atoms. The molecule has 1 saturated heterocycles. The van der Waals surface area contributed by atoms with Gasteiger partial charge in [0.2, 0.25) is 0 Å². The van der Waals surface area contributed by atoms with Gasteiger partial charge in [-0.25, -0.2) is 4.79 Å². The zero-order valence-electron chi connectivity index (χ0n) is 11.3.